The van der Waals surface area contributed by atoms with Crippen LogP contribution in [0.4, 0.5) is 5.69 Å². The number of rotatable bonds is 5. The molecule has 146 valence electrons. The van der Waals surface area contributed by atoms with Gasteiger partial charge in [0.1, 0.15) is 16.2 Å². The lowest BCUT2D eigenvalue weighted by Crippen LogP contribution is -2.23. The molecular formula is C22H25N3OS2. The number of carbonyl (C=O) groups is 1. The highest BCUT2D eigenvalue weighted by Crippen LogP contribution is 2.40. The zero-order valence-electron chi connectivity index (χ0n) is 16.5. The maximum atomic E-state index is 12.9. The summed E-state index contributed by atoms with van der Waals surface area (Å²) in [6, 6.07) is 6.16. The second-order valence-corrected chi connectivity index (χ2v) is 9.69. The molecule has 1 aliphatic carbocycles. The van der Waals surface area contributed by atoms with E-state index in [1.807, 2.05) is 26.0 Å². The Morgan fingerprint density at radius 2 is 2.11 bits per heavy atom. The largest absolute Gasteiger partial charge is 0.325 e. The van der Waals surface area contributed by atoms with Gasteiger partial charge in [-0.25, -0.2) is 9.97 Å². The van der Waals surface area contributed by atoms with E-state index in [9.17, 15) is 4.79 Å². The van der Waals surface area contributed by atoms with Gasteiger partial charge in [0.15, 0.2) is 0 Å². The maximum Gasteiger partial charge on any atom is 0.237 e. The van der Waals surface area contributed by atoms with Crippen molar-refractivity contribution in [2.45, 2.75) is 63.2 Å². The van der Waals surface area contributed by atoms with Gasteiger partial charge in [-0.2, -0.15) is 0 Å². The summed E-state index contributed by atoms with van der Waals surface area (Å²) in [4.78, 5) is 24.5. The van der Waals surface area contributed by atoms with Gasteiger partial charge in [-0.1, -0.05) is 36.9 Å². The highest BCUT2D eigenvalue weighted by Gasteiger charge is 2.23. The molecule has 4 rings (SSSR count). The number of thioether (sulfide) groups is 1. The van der Waals surface area contributed by atoms with Crippen molar-refractivity contribution < 1.29 is 4.79 Å². The molecule has 6 heteroatoms. The van der Waals surface area contributed by atoms with Crippen LogP contribution < -0.4 is 5.32 Å². The van der Waals surface area contributed by atoms with Gasteiger partial charge >= 0.3 is 0 Å². The molecule has 0 saturated heterocycles. The smallest absolute Gasteiger partial charge is 0.237 e. The Kier molecular flexibility index (Phi) is 5.69. The molecule has 1 aliphatic rings. The molecule has 0 aliphatic heterocycles. The second kappa shape index (κ2) is 8.21. The van der Waals surface area contributed by atoms with Crippen LogP contribution in [-0.4, -0.2) is 21.1 Å². The van der Waals surface area contributed by atoms with Crippen LogP contribution >= 0.6 is 23.1 Å². The number of thiophene rings is 1. The molecule has 2 aromatic heterocycles. The van der Waals surface area contributed by atoms with Crippen molar-refractivity contribution in [1.29, 1.82) is 0 Å². The average molecular weight is 412 g/mol. The number of aryl methyl sites for hydroxylation is 4. The molecule has 1 unspecified atom stereocenters. The molecule has 1 amide bonds. The average Bonchev–Trinajstić information content (AvgIpc) is 3.09. The van der Waals surface area contributed by atoms with Crippen LogP contribution in [0.25, 0.3) is 10.2 Å². The van der Waals surface area contributed by atoms with E-state index in [1.54, 1.807) is 29.4 Å². The molecule has 0 saturated carbocycles. The number of para-hydroxylation sites is 1. The SMILES string of the molecule is CCc1cccc(C)c1NC(=O)C(C)Sc1ncnc2sc3c(c12)CCCC3. The number of aromatic nitrogens is 2. The third-order valence-electron chi connectivity index (χ3n) is 5.36. The van der Waals surface area contributed by atoms with Gasteiger partial charge in [0.25, 0.3) is 0 Å². The van der Waals surface area contributed by atoms with Crippen molar-refractivity contribution in [2.75, 3.05) is 5.32 Å². The molecule has 4 nitrogen and oxygen atoms in total. The van der Waals surface area contributed by atoms with Gasteiger partial charge in [-0.15, -0.1) is 11.3 Å². The third-order valence-corrected chi connectivity index (χ3v) is 7.66. The van der Waals surface area contributed by atoms with Crippen molar-refractivity contribution in [1.82, 2.24) is 9.97 Å². The molecule has 1 aromatic carbocycles. The zero-order valence-corrected chi connectivity index (χ0v) is 18.2. The Balaban J connectivity index is 1.58. The van der Waals surface area contributed by atoms with E-state index in [0.717, 1.165) is 40.4 Å². The molecule has 3 aromatic rings. The number of nitrogens with one attached hydrogen (secondary N) is 1. The van der Waals surface area contributed by atoms with Crippen molar-refractivity contribution in [3.8, 4) is 0 Å². The lowest BCUT2D eigenvalue weighted by atomic mass is 9.97. The molecule has 0 spiro atoms. The highest BCUT2D eigenvalue weighted by atomic mass is 32.2. The van der Waals surface area contributed by atoms with Crippen molar-refractivity contribution in [3.63, 3.8) is 0 Å². The number of benzene rings is 1. The summed E-state index contributed by atoms with van der Waals surface area (Å²) < 4.78 is 0. The molecule has 2 heterocycles. The van der Waals surface area contributed by atoms with E-state index in [-0.39, 0.29) is 11.2 Å². The van der Waals surface area contributed by atoms with Crippen LogP contribution in [-0.2, 0) is 24.1 Å². The Hall–Kier alpha value is -1.92. The Bertz CT molecular complexity index is 1030. The van der Waals surface area contributed by atoms with Crippen LogP contribution in [0.5, 0.6) is 0 Å². The minimum atomic E-state index is -0.235. The zero-order chi connectivity index (χ0) is 19.7. The van der Waals surface area contributed by atoms with Gasteiger partial charge < -0.3 is 5.32 Å². The summed E-state index contributed by atoms with van der Waals surface area (Å²) in [6.45, 7) is 6.11. The third kappa shape index (κ3) is 3.67. The van der Waals surface area contributed by atoms with E-state index >= 15 is 0 Å². The molecule has 1 atom stereocenters. The topological polar surface area (TPSA) is 54.9 Å². The standard InChI is InChI=1S/C22H25N3OS2/c1-4-15-9-7-8-13(2)19(15)25-20(26)14(3)27-21-18-16-10-5-6-11-17(16)28-22(18)24-12-23-21/h7-9,12,14H,4-6,10-11H2,1-3H3,(H,25,26). The van der Waals surface area contributed by atoms with E-state index in [0.29, 0.717) is 0 Å². The highest BCUT2D eigenvalue weighted by molar-refractivity contribution is 8.00. The van der Waals surface area contributed by atoms with Crippen molar-refractivity contribution >= 4 is 44.9 Å². The van der Waals surface area contributed by atoms with Crippen molar-refractivity contribution in [2.24, 2.45) is 0 Å². The van der Waals surface area contributed by atoms with Gasteiger partial charge in [0.2, 0.25) is 5.91 Å². The summed E-state index contributed by atoms with van der Waals surface area (Å²) in [5.74, 6) is 0.0184. The van der Waals surface area contributed by atoms with Crippen LogP contribution in [0.3, 0.4) is 0 Å². The molecule has 0 bridgehead atoms. The van der Waals surface area contributed by atoms with Gasteiger partial charge in [0, 0.05) is 16.0 Å². The number of carbonyl (C=O) groups excluding carboxylic acids is 1. The Morgan fingerprint density at radius 3 is 2.93 bits per heavy atom. The number of hydrogen-bond acceptors (Lipinski definition) is 5. The fourth-order valence-electron chi connectivity index (χ4n) is 3.80. The van der Waals surface area contributed by atoms with Crippen LogP contribution in [0.1, 0.15) is 48.3 Å². The first-order valence-corrected chi connectivity index (χ1v) is 11.6. The van der Waals surface area contributed by atoms with Crippen molar-refractivity contribution in [3.05, 3.63) is 46.1 Å². The quantitative estimate of drug-likeness (QED) is 0.441. The molecule has 28 heavy (non-hydrogen) atoms. The maximum absolute atomic E-state index is 12.9. The Morgan fingerprint density at radius 1 is 1.29 bits per heavy atom. The predicted molar refractivity (Wildman–Crippen MR) is 119 cm³/mol. The van der Waals surface area contributed by atoms with E-state index < -0.39 is 0 Å². The summed E-state index contributed by atoms with van der Waals surface area (Å²) >= 11 is 3.33. The van der Waals surface area contributed by atoms with Gasteiger partial charge in [-0.05, 0) is 62.6 Å². The Labute approximate surface area is 174 Å². The fraction of sp³-hybridized carbons (Fsp3) is 0.409. The number of fused-ring (bicyclic) bond motifs is 3. The predicted octanol–water partition coefficient (Wildman–Crippen LogP) is 5.56. The van der Waals surface area contributed by atoms with E-state index in [2.05, 4.69) is 28.3 Å². The number of hydrogen-bond donors (Lipinski definition) is 1. The lowest BCUT2D eigenvalue weighted by Gasteiger charge is -2.17. The number of anilines is 1. The summed E-state index contributed by atoms with van der Waals surface area (Å²) in [7, 11) is 0. The molecule has 0 fully saturated rings. The van der Waals surface area contributed by atoms with Gasteiger partial charge in [0.05, 0.1) is 5.25 Å². The van der Waals surface area contributed by atoms with E-state index in [1.165, 1.54) is 34.2 Å². The summed E-state index contributed by atoms with van der Waals surface area (Å²) in [5, 5.41) is 5.03. The first-order chi connectivity index (χ1) is 13.6. The monoisotopic (exact) mass is 411 g/mol. The molecule has 0 radical (unpaired) electrons. The normalized spacial score (nSPS) is 14.7. The summed E-state index contributed by atoms with van der Waals surface area (Å²) in [6.07, 6.45) is 7.25. The van der Waals surface area contributed by atoms with Gasteiger partial charge in [-0.3, -0.25) is 4.79 Å². The number of amides is 1. The molecule has 1 N–H and O–H groups in total. The van der Waals surface area contributed by atoms with Crippen LogP contribution in [0, 0.1) is 6.92 Å². The summed E-state index contributed by atoms with van der Waals surface area (Å²) in [5.41, 5.74) is 4.63. The lowest BCUT2D eigenvalue weighted by molar-refractivity contribution is -0.115. The molecular weight excluding hydrogens is 386 g/mol. The number of nitrogens with zero attached hydrogens (tertiary/aromatic N) is 2. The fourth-order valence-corrected chi connectivity index (χ4v) is 6.04. The minimum Gasteiger partial charge on any atom is -0.325 e. The minimum absolute atomic E-state index is 0.0184. The second-order valence-electron chi connectivity index (χ2n) is 7.28. The first kappa shape index (κ1) is 19.4. The van der Waals surface area contributed by atoms with E-state index in [4.69, 9.17) is 0 Å². The van der Waals surface area contributed by atoms with Crippen LogP contribution in [0.2, 0.25) is 0 Å². The first-order valence-electron chi connectivity index (χ1n) is 9.89. The van der Waals surface area contributed by atoms with Crippen LogP contribution in [0.15, 0.2) is 29.6 Å².